The van der Waals surface area contributed by atoms with E-state index < -0.39 is 0 Å². The van der Waals surface area contributed by atoms with Gasteiger partial charge in [0.25, 0.3) is 5.91 Å². The molecular weight excluding hydrogens is 324 g/mol. The Hall–Kier alpha value is -1.91. The summed E-state index contributed by atoms with van der Waals surface area (Å²) in [5.74, 6) is -0.0860. The highest BCUT2D eigenvalue weighted by Gasteiger charge is 2.33. The Balaban J connectivity index is 1.90. The summed E-state index contributed by atoms with van der Waals surface area (Å²) in [6.45, 7) is 3.34. The summed E-state index contributed by atoms with van der Waals surface area (Å²) in [5, 5.41) is 10.0. The Kier molecular flexibility index (Phi) is 4.88. The van der Waals surface area contributed by atoms with Crippen LogP contribution in [0.3, 0.4) is 0 Å². The maximum Gasteiger partial charge on any atom is 0.255 e. The number of hydrogen-bond donors (Lipinski definition) is 1. The van der Waals surface area contributed by atoms with E-state index in [1.807, 2.05) is 31.2 Å². The van der Waals surface area contributed by atoms with Gasteiger partial charge in [0, 0.05) is 30.3 Å². The summed E-state index contributed by atoms with van der Waals surface area (Å²) in [6, 6.07) is 11.1. The molecule has 1 atom stereocenters. The number of halogens is 1. The van der Waals surface area contributed by atoms with Crippen LogP contribution in [-0.2, 0) is 0 Å². The van der Waals surface area contributed by atoms with Gasteiger partial charge in [0.1, 0.15) is 0 Å². The number of hydrogen-bond acceptors (Lipinski definition) is 3. The number of pyridine rings is 1. The predicted molar refractivity (Wildman–Crippen MR) is 95.0 cm³/mol. The smallest absolute Gasteiger partial charge is 0.255 e. The average Bonchev–Trinajstić information content (AvgIpc) is 2.62. The van der Waals surface area contributed by atoms with Crippen molar-refractivity contribution in [1.82, 2.24) is 9.88 Å². The Labute approximate surface area is 147 Å². The van der Waals surface area contributed by atoms with Crippen LogP contribution in [0.15, 0.2) is 42.6 Å². The quantitative estimate of drug-likeness (QED) is 0.924. The molecule has 1 saturated heterocycles. The highest BCUT2D eigenvalue weighted by molar-refractivity contribution is 6.34. The molecule has 1 aliphatic rings. The van der Waals surface area contributed by atoms with Gasteiger partial charge in [-0.05, 0) is 37.1 Å². The number of benzene rings is 1. The fraction of sp³-hybridized carbons (Fsp3) is 0.368. The van der Waals surface area contributed by atoms with Crippen molar-refractivity contribution < 1.29 is 9.90 Å². The number of piperidine rings is 1. The molecule has 24 heavy (non-hydrogen) atoms. The van der Waals surface area contributed by atoms with Gasteiger partial charge >= 0.3 is 0 Å². The van der Waals surface area contributed by atoms with Crippen molar-refractivity contribution in [3.05, 3.63) is 53.2 Å². The summed E-state index contributed by atoms with van der Waals surface area (Å²) in [5.41, 5.74) is 1.92. The number of carbonyl (C=O) groups excluding carboxylic acids is 1. The lowest BCUT2D eigenvalue weighted by molar-refractivity contribution is 0.0358. The predicted octanol–water partition coefficient (Wildman–Crippen LogP) is 3.64. The topological polar surface area (TPSA) is 53.4 Å². The van der Waals surface area contributed by atoms with Crippen molar-refractivity contribution in [2.75, 3.05) is 19.7 Å². The van der Waals surface area contributed by atoms with E-state index in [2.05, 4.69) is 4.98 Å². The maximum absolute atomic E-state index is 12.9. The maximum atomic E-state index is 12.9. The highest BCUT2D eigenvalue weighted by atomic mass is 35.5. The first kappa shape index (κ1) is 16.9. The molecular formula is C19H21ClN2O2. The fourth-order valence-electron chi connectivity index (χ4n) is 3.17. The Bertz CT molecular complexity index is 735. The van der Waals surface area contributed by atoms with Crippen LogP contribution in [0.5, 0.6) is 0 Å². The number of amides is 1. The third-order valence-electron chi connectivity index (χ3n) is 4.61. The molecule has 1 unspecified atom stereocenters. The first-order valence-electron chi connectivity index (χ1n) is 8.13. The third-order valence-corrected chi connectivity index (χ3v) is 4.94. The molecule has 0 saturated carbocycles. The largest absolute Gasteiger partial charge is 0.396 e. The van der Waals surface area contributed by atoms with Crippen LogP contribution in [0.1, 0.15) is 30.1 Å². The number of aliphatic hydroxyl groups excluding tert-OH is 1. The molecule has 0 spiro atoms. The van der Waals surface area contributed by atoms with E-state index >= 15 is 0 Å². The van der Waals surface area contributed by atoms with Crippen molar-refractivity contribution in [2.45, 2.75) is 19.8 Å². The number of likely N-dealkylation sites (tertiary alicyclic amines) is 1. The van der Waals surface area contributed by atoms with Crippen LogP contribution < -0.4 is 0 Å². The van der Waals surface area contributed by atoms with Crippen LogP contribution in [0.4, 0.5) is 0 Å². The minimum absolute atomic E-state index is 0.0818. The van der Waals surface area contributed by atoms with Gasteiger partial charge in [-0.2, -0.15) is 0 Å². The molecule has 2 heterocycles. The van der Waals surface area contributed by atoms with E-state index in [1.54, 1.807) is 23.2 Å². The molecule has 5 heteroatoms. The molecule has 1 aliphatic heterocycles. The minimum Gasteiger partial charge on any atom is -0.396 e. The Morgan fingerprint density at radius 3 is 2.92 bits per heavy atom. The van der Waals surface area contributed by atoms with Crippen molar-refractivity contribution >= 4 is 17.5 Å². The lowest BCUT2D eigenvalue weighted by Gasteiger charge is -2.39. The molecule has 2 aromatic rings. The van der Waals surface area contributed by atoms with Gasteiger partial charge in [0.2, 0.25) is 0 Å². The van der Waals surface area contributed by atoms with E-state index in [-0.39, 0.29) is 17.9 Å². The summed E-state index contributed by atoms with van der Waals surface area (Å²) in [7, 11) is 0. The molecule has 1 aromatic carbocycles. The molecule has 0 bridgehead atoms. The molecule has 0 radical (unpaired) electrons. The van der Waals surface area contributed by atoms with Gasteiger partial charge in [-0.1, -0.05) is 30.7 Å². The van der Waals surface area contributed by atoms with E-state index in [0.29, 0.717) is 23.7 Å². The zero-order valence-electron chi connectivity index (χ0n) is 13.7. The number of rotatable bonds is 3. The number of aliphatic hydroxyl groups is 1. The van der Waals surface area contributed by atoms with Gasteiger partial charge < -0.3 is 10.0 Å². The number of carbonyl (C=O) groups is 1. The zero-order valence-corrected chi connectivity index (χ0v) is 14.5. The van der Waals surface area contributed by atoms with Crippen LogP contribution in [0, 0.1) is 5.41 Å². The third kappa shape index (κ3) is 3.45. The van der Waals surface area contributed by atoms with Crippen LogP contribution in [-0.4, -0.2) is 40.6 Å². The van der Waals surface area contributed by atoms with Crippen molar-refractivity contribution in [1.29, 1.82) is 0 Å². The van der Waals surface area contributed by atoms with E-state index in [1.165, 1.54) is 0 Å². The standard InChI is InChI=1S/C19H21ClN2O2/c1-19(13-23)8-4-10-22(12-19)18(24)15-11-14(6-7-16(15)20)17-5-2-3-9-21-17/h2-3,5-7,9,11,23H,4,8,10,12-13H2,1H3. The second kappa shape index (κ2) is 6.91. The lowest BCUT2D eigenvalue weighted by Crippen LogP contribution is -2.46. The summed E-state index contributed by atoms with van der Waals surface area (Å²) in [6.07, 6.45) is 3.54. The molecule has 1 N–H and O–H groups in total. The van der Waals surface area contributed by atoms with E-state index in [0.717, 1.165) is 24.1 Å². The molecule has 1 amide bonds. The van der Waals surface area contributed by atoms with E-state index in [9.17, 15) is 9.90 Å². The number of nitrogens with zero attached hydrogens (tertiary/aromatic N) is 2. The second-order valence-electron chi connectivity index (χ2n) is 6.71. The van der Waals surface area contributed by atoms with Crippen LogP contribution in [0.2, 0.25) is 5.02 Å². The van der Waals surface area contributed by atoms with Crippen molar-refractivity contribution in [3.63, 3.8) is 0 Å². The molecule has 1 aromatic heterocycles. The Morgan fingerprint density at radius 1 is 1.38 bits per heavy atom. The van der Waals surface area contributed by atoms with Crippen molar-refractivity contribution in [2.24, 2.45) is 5.41 Å². The first-order chi connectivity index (χ1) is 11.5. The van der Waals surface area contributed by atoms with Gasteiger partial charge in [0.05, 0.1) is 22.9 Å². The minimum atomic E-state index is -0.237. The SMILES string of the molecule is CC1(CO)CCCN(C(=O)c2cc(-c3ccccn3)ccc2Cl)C1. The van der Waals surface area contributed by atoms with Crippen LogP contribution >= 0.6 is 11.6 Å². The highest BCUT2D eigenvalue weighted by Crippen LogP contribution is 2.31. The molecule has 3 rings (SSSR count). The van der Waals surface area contributed by atoms with E-state index in [4.69, 9.17) is 11.6 Å². The van der Waals surface area contributed by atoms with Crippen molar-refractivity contribution in [3.8, 4) is 11.3 Å². The van der Waals surface area contributed by atoms with Gasteiger partial charge in [-0.3, -0.25) is 9.78 Å². The Morgan fingerprint density at radius 2 is 2.21 bits per heavy atom. The zero-order chi connectivity index (χ0) is 17.2. The molecule has 4 nitrogen and oxygen atoms in total. The summed E-state index contributed by atoms with van der Waals surface area (Å²) >= 11 is 6.29. The second-order valence-corrected chi connectivity index (χ2v) is 7.12. The normalized spacial score (nSPS) is 20.9. The monoisotopic (exact) mass is 344 g/mol. The molecule has 126 valence electrons. The summed E-state index contributed by atoms with van der Waals surface area (Å²) < 4.78 is 0. The number of aromatic nitrogens is 1. The molecule has 1 fully saturated rings. The van der Waals surface area contributed by atoms with Gasteiger partial charge in [0.15, 0.2) is 0 Å². The lowest BCUT2D eigenvalue weighted by atomic mass is 9.82. The van der Waals surface area contributed by atoms with Crippen LogP contribution in [0.25, 0.3) is 11.3 Å². The van der Waals surface area contributed by atoms with Gasteiger partial charge in [-0.25, -0.2) is 0 Å². The first-order valence-corrected chi connectivity index (χ1v) is 8.51. The fourth-order valence-corrected chi connectivity index (χ4v) is 3.37. The van der Waals surface area contributed by atoms with Gasteiger partial charge in [-0.15, -0.1) is 0 Å². The molecule has 0 aliphatic carbocycles. The summed E-state index contributed by atoms with van der Waals surface area (Å²) in [4.78, 5) is 19.1. The average molecular weight is 345 g/mol.